The summed E-state index contributed by atoms with van der Waals surface area (Å²) >= 11 is 0. The lowest BCUT2D eigenvalue weighted by molar-refractivity contribution is 0.0549. The van der Waals surface area contributed by atoms with Crippen molar-refractivity contribution in [2.75, 3.05) is 14.2 Å². The first kappa shape index (κ1) is 15.9. The molecule has 0 aromatic heterocycles. The van der Waals surface area contributed by atoms with Crippen molar-refractivity contribution in [3.63, 3.8) is 0 Å². The maximum Gasteiger partial charge on any atom is 0.508 e. The number of fused-ring (bicyclic) bond motifs is 1. The van der Waals surface area contributed by atoms with E-state index in [1.54, 1.807) is 0 Å². The molecule has 10 heteroatoms. The summed E-state index contributed by atoms with van der Waals surface area (Å²) in [6.45, 7) is 0. The predicted octanol–water partition coefficient (Wildman–Crippen LogP) is -0.0412. The summed E-state index contributed by atoms with van der Waals surface area (Å²) in [5, 5.41) is 7.44. The van der Waals surface area contributed by atoms with Crippen LogP contribution in [0.3, 0.4) is 0 Å². The van der Waals surface area contributed by atoms with Crippen LogP contribution < -0.4 is 11.7 Å². The molecule has 0 spiro atoms. The quantitative estimate of drug-likeness (QED) is 0.409. The van der Waals surface area contributed by atoms with Crippen LogP contribution in [0.1, 0.15) is 12.8 Å². The summed E-state index contributed by atoms with van der Waals surface area (Å²) in [5.41, 5.74) is 0.986. The summed E-state index contributed by atoms with van der Waals surface area (Å²) < 4.78 is 19.2. The summed E-state index contributed by atoms with van der Waals surface area (Å²) in [6.07, 6.45) is -2.06. The van der Waals surface area contributed by atoms with Gasteiger partial charge in [0.15, 0.2) is 0 Å². The second-order valence-electron chi connectivity index (χ2n) is 4.91. The van der Waals surface area contributed by atoms with Gasteiger partial charge in [0.05, 0.1) is 25.6 Å². The molecular formula is C12H18N4O6. The maximum absolute atomic E-state index is 11.3. The number of nitrogens with zero attached hydrogens (tertiary/aromatic N) is 2. The molecule has 122 valence electrons. The van der Waals surface area contributed by atoms with E-state index in [4.69, 9.17) is 21.2 Å². The molecule has 2 aliphatic carbocycles. The van der Waals surface area contributed by atoms with Crippen molar-refractivity contribution < 1.29 is 28.5 Å². The maximum atomic E-state index is 11.3. The number of carbonyl (C=O) groups is 2. The Balaban J connectivity index is 2.15. The lowest BCUT2D eigenvalue weighted by atomic mass is 9.99. The van der Waals surface area contributed by atoms with E-state index in [9.17, 15) is 9.59 Å². The monoisotopic (exact) mass is 314 g/mol. The third-order valence-corrected chi connectivity index (χ3v) is 3.95. The minimum atomic E-state index is -0.820. The fourth-order valence-electron chi connectivity index (χ4n) is 3.07. The molecule has 22 heavy (non-hydrogen) atoms. The highest BCUT2D eigenvalue weighted by Gasteiger charge is 2.53. The van der Waals surface area contributed by atoms with Crippen LogP contribution in [-0.2, 0) is 18.9 Å². The summed E-state index contributed by atoms with van der Waals surface area (Å²) in [6, 6.07) is 0. The Hall–Kier alpha value is -2.52. The zero-order chi connectivity index (χ0) is 16.3. The first-order valence-electron chi connectivity index (χ1n) is 6.60. The van der Waals surface area contributed by atoms with Gasteiger partial charge in [0.25, 0.3) is 0 Å². The third-order valence-electron chi connectivity index (χ3n) is 3.95. The highest BCUT2D eigenvalue weighted by Crippen LogP contribution is 2.43. The van der Waals surface area contributed by atoms with Crippen molar-refractivity contribution in [1.82, 2.24) is 0 Å². The predicted molar refractivity (Wildman–Crippen MR) is 74.0 cm³/mol. The Labute approximate surface area is 126 Å². The van der Waals surface area contributed by atoms with E-state index in [1.165, 1.54) is 14.2 Å². The minimum Gasteiger partial charge on any atom is -0.438 e. The van der Waals surface area contributed by atoms with E-state index in [2.05, 4.69) is 19.7 Å². The van der Waals surface area contributed by atoms with E-state index < -0.39 is 24.5 Å². The molecule has 4 atom stereocenters. The second-order valence-corrected chi connectivity index (χ2v) is 4.91. The van der Waals surface area contributed by atoms with Crippen molar-refractivity contribution >= 4 is 23.7 Å². The first-order chi connectivity index (χ1) is 10.5. The molecule has 2 fully saturated rings. The Morgan fingerprint density at radius 1 is 0.909 bits per heavy atom. The van der Waals surface area contributed by atoms with E-state index in [1.807, 2.05) is 0 Å². The molecule has 0 saturated heterocycles. The first-order valence-corrected chi connectivity index (χ1v) is 6.60. The molecule has 4 N–H and O–H groups in total. The molecule has 0 bridgehead atoms. The number of hydrogen-bond donors (Lipinski definition) is 2. The average molecular weight is 314 g/mol. The van der Waals surface area contributed by atoms with Crippen molar-refractivity contribution in [2.45, 2.75) is 25.0 Å². The van der Waals surface area contributed by atoms with Crippen molar-refractivity contribution in [1.29, 1.82) is 0 Å². The molecule has 0 unspecified atom stereocenters. The zero-order valence-electron chi connectivity index (χ0n) is 12.2. The van der Waals surface area contributed by atoms with E-state index >= 15 is 0 Å². The summed E-state index contributed by atoms with van der Waals surface area (Å²) in [4.78, 5) is 22.5. The van der Waals surface area contributed by atoms with Gasteiger partial charge in [0, 0.05) is 11.8 Å². The molecule has 0 radical (unpaired) electrons. The van der Waals surface area contributed by atoms with Crippen molar-refractivity contribution in [2.24, 2.45) is 33.7 Å². The van der Waals surface area contributed by atoms with Crippen molar-refractivity contribution in [3.8, 4) is 0 Å². The fraction of sp³-hybridized carbons (Fsp3) is 0.667. The minimum absolute atomic E-state index is 0.170. The van der Waals surface area contributed by atoms with Crippen molar-refractivity contribution in [3.05, 3.63) is 0 Å². The van der Waals surface area contributed by atoms with Gasteiger partial charge in [-0.05, 0) is 12.8 Å². The van der Waals surface area contributed by atoms with Gasteiger partial charge in [0.1, 0.15) is 12.2 Å². The lowest BCUT2D eigenvalue weighted by Crippen LogP contribution is -2.30. The Bertz CT molecular complexity index is 474. The second kappa shape index (κ2) is 6.50. The topological polar surface area (TPSA) is 148 Å². The highest BCUT2D eigenvalue weighted by molar-refractivity contribution is 6.05. The highest BCUT2D eigenvalue weighted by atomic mass is 16.7. The number of nitrogens with two attached hydrogens (primary N) is 2. The van der Waals surface area contributed by atoms with Gasteiger partial charge in [-0.1, -0.05) is 0 Å². The smallest absolute Gasteiger partial charge is 0.438 e. The molecule has 2 saturated carbocycles. The Morgan fingerprint density at radius 2 is 1.27 bits per heavy atom. The van der Waals surface area contributed by atoms with Crippen LogP contribution in [0.4, 0.5) is 9.59 Å². The van der Waals surface area contributed by atoms with Gasteiger partial charge >= 0.3 is 12.3 Å². The van der Waals surface area contributed by atoms with Crippen LogP contribution in [-0.4, -0.2) is 50.2 Å². The number of hydrogen-bond acceptors (Lipinski definition) is 10. The molecule has 2 aliphatic rings. The fourth-order valence-corrected chi connectivity index (χ4v) is 3.07. The Kier molecular flexibility index (Phi) is 4.68. The van der Waals surface area contributed by atoms with Gasteiger partial charge in [-0.2, -0.15) is 10.2 Å². The normalized spacial score (nSPS) is 33.5. The van der Waals surface area contributed by atoms with Gasteiger partial charge < -0.3 is 30.6 Å². The SMILES string of the molecule is COC(=O)O[C@@H]1C[C@H]2/C(=N\N)[C@H](OC(=O)OC)C[C@H]2/C1=N\N. The zero-order valence-corrected chi connectivity index (χ0v) is 12.2. The molecule has 10 nitrogen and oxygen atoms in total. The largest absolute Gasteiger partial charge is 0.508 e. The summed E-state index contributed by atoms with van der Waals surface area (Å²) in [5.74, 6) is 10.5. The molecule has 0 amide bonds. The standard InChI is InChI=1S/C12H18N4O6/c1-19-11(17)21-7-3-5-6(9(7)15-13)4-8(10(5)16-14)22-12(18)20-2/h5-8H,3-4,13-14H2,1-2H3/b15-9+,16-10+/t5-,6-,7-,8-/m1/s1. The van der Waals surface area contributed by atoms with E-state index in [-0.39, 0.29) is 11.8 Å². The van der Waals surface area contributed by atoms with Gasteiger partial charge in [-0.3, -0.25) is 0 Å². The Morgan fingerprint density at radius 3 is 1.55 bits per heavy atom. The van der Waals surface area contributed by atoms with Gasteiger partial charge in [-0.25, -0.2) is 9.59 Å². The molecular weight excluding hydrogens is 296 g/mol. The van der Waals surface area contributed by atoms with E-state index in [0.29, 0.717) is 24.3 Å². The molecule has 0 aromatic rings. The lowest BCUT2D eigenvalue weighted by Gasteiger charge is -2.17. The van der Waals surface area contributed by atoms with Crippen LogP contribution in [0, 0.1) is 11.8 Å². The third kappa shape index (κ3) is 2.76. The van der Waals surface area contributed by atoms with Gasteiger partial charge in [-0.15, -0.1) is 0 Å². The number of carbonyl (C=O) groups excluding carboxylic acids is 2. The van der Waals surface area contributed by atoms with Crippen LogP contribution in [0.2, 0.25) is 0 Å². The molecule has 0 aromatic carbocycles. The van der Waals surface area contributed by atoms with Crippen LogP contribution >= 0.6 is 0 Å². The van der Waals surface area contributed by atoms with Crippen LogP contribution in [0.15, 0.2) is 10.2 Å². The molecule has 0 heterocycles. The molecule has 2 rings (SSSR count). The number of hydrazone groups is 2. The average Bonchev–Trinajstić information content (AvgIpc) is 3.00. The number of ether oxygens (including phenoxy) is 4. The van der Waals surface area contributed by atoms with Gasteiger partial charge in [0.2, 0.25) is 0 Å². The summed E-state index contributed by atoms with van der Waals surface area (Å²) in [7, 11) is 2.43. The van der Waals surface area contributed by atoms with Crippen LogP contribution in [0.5, 0.6) is 0 Å². The molecule has 0 aliphatic heterocycles. The number of rotatable bonds is 2. The van der Waals surface area contributed by atoms with Crippen LogP contribution in [0.25, 0.3) is 0 Å². The van der Waals surface area contributed by atoms with E-state index in [0.717, 1.165) is 0 Å². The number of methoxy groups -OCH3 is 2.